The van der Waals surface area contributed by atoms with E-state index in [1.54, 1.807) is 12.1 Å². The molecule has 31 heavy (non-hydrogen) atoms. The van der Waals surface area contributed by atoms with Crippen molar-refractivity contribution in [3.8, 4) is 5.75 Å². The smallest absolute Gasteiger partial charge is 0.347 e. The van der Waals surface area contributed by atoms with E-state index in [0.29, 0.717) is 17.3 Å². The predicted molar refractivity (Wildman–Crippen MR) is 121 cm³/mol. The number of amides is 2. The molecule has 166 valence electrons. The van der Waals surface area contributed by atoms with Crippen LogP contribution in [0.2, 0.25) is 5.02 Å². The molecule has 1 N–H and O–H groups in total. The van der Waals surface area contributed by atoms with Crippen molar-refractivity contribution in [3.05, 3.63) is 64.7 Å². The van der Waals surface area contributed by atoms with Gasteiger partial charge >= 0.3 is 12.0 Å². The molecule has 1 heterocycles. The normalized spacial score (nSPS) is 16.6. The average molecular weight is 445 g/mol. The van der Waals surface area contributed by atoms with Crippen molar-refractivity contribution in [1.82, 2.24) is 9.80 Å². The maximum atomic E-state index is 12.6. The van der Waals surface area contributed by atoms with Gasteiger partial charge in [-0.25, -0.2) is 9.59 Å². The Labute approximate surface area is 188 Å². The van der Waals surface area contributed by atoms with E-state index in [2.05, 4.69) is 0 Å². The van der Waals surface area contributed by atoms with Crippen LogP contribution < -0.4 is 4.74 Å². The molecule has 2 aromatic rings. The van der Waals surface area contributed by atoms with Crippen LogP contribution in [0.4, 0.5) is 4.79 Å². The third kappa shape index (κ3) is 5.91. The van der Waals surface area contributed by atoms with Gasteiger partial charge in [-0.15, -0.1) is 0 Å². The van der Waals surface area contributed by atoms with Gasteiger partial charge < -0.3 is 19.6 Å². The number of likely N-dealkylation sites (N-methyl/N-ethyl adjacent to an activating group) is 1. The molecule has 2 amide bonds. The molecule has 0 bridgehead atoms. The first-order valence-corrected chi connectivity index (χ1v) is 10.8. The van der Waals surface area contributed by atoms with E-state index >= 15 is 0 Å². The number of ether oxygens (including phenoxy) is 1. The lowest BCUT2D eigenvalue weighted by Gasteiger charge is -2.21. The minimum absolute atomic E-state index is 0.0579. The van der Waals surface area contributed by atoms with E-state index in [0.717, 1.165) is 36.9 Å². The average Bonchev–Trinajstić information content (AvgIpc) is 2.98. The van der Waals surface area contributed by atoms with Crippen molar-refractivity contribution < 1.29 is 19.4 Å². The van der Waals surface area contributed by atoms with Crippen LogP contribution in [0.1, 0.15) is 37.8 Å². The molecule has 0 saturated carbocycles. The van der Waals surface area contributed by atoms with Crippen LogP contribution in [0, 0.1) is 0 Å². The Kier molecular flexibility index (Phi) is 7.11. The van der Waals surface area contributed by atoms with Crippen LogP contribution in [0.25, 0.3) is 0 Å². The highest BCUT2D eigenvalue weighted by atomic mass is 35.5. The molecule has 6 nitrogen and oxygen atoms in total. The van der Waals surface area contributed by atoms with E-state index in [1.165, 1.54) is 13.8 Å². The maximum Gasteiger partial charge on any atom is 0.347 e. The fraction of sp³-hybridized carbons (Fsp3) is 0.417. The topological polar surface area (TPSA) is 70.1 Å². The van der Waals surface area contributed by atoms with Crippen LogP contribution in [0.15, 0.2) is 48.5 Å². The van der Waals surface area contributed by atoms with E-state index in [1.807, 2.05) is 53.2 Å². The molecule has 0 aromatic heterocycles. The minimum atomic E-state index is -1.26. The van der Waals surface area contributed by atoms with Crippen molar-refractivity contribution in [2.24, 2.45) is 0 Å². The van der Waals surface area contributed by atoms with Crippen molar-refractivity contribution >= 4 is 23.6 Å². The molecule has 1 saturated heterocycles. The highest BCUT2D eigenvalue weighted by Gasteiger charge is 2.34. The summed E-state index contributed by atoms with van der Waals surface area (Å²) in [6.07, 6.45) is 2.76. The van der Waals surface area contributed by atoms with Crippen LogP contribution in [-0.4, -0.2) is 52.1 Å². The third-order valence-corrected chi connectivity index (χ3v) is 5.90. The number of nitrogens with zero attached hydrogens (tertiary/aromatic N) is 2. The minimum Gasteiger partial charge on any atom is -0.478 e. The molecule has 0 spiro atoms. The third-order valence-electron chi connectivity index (χ3n) is 5.65. The number of carboxylic acids is 1. The fourth-order valence-electron chi connectivity index (χ4n) is 3.67. The quantitative estimate of drug-likeness (QED) is 0.600. The molecular weight excluding hydrogens is 416 g/mol. The van der Waals surface area contributed by atoms with Gasteiger partial charge in [0.15, 0.2) is 5.60 Å². The first-order chi connectivity index (χ1) is 14.7. The van der Waals surface area contributed by atoms with Crippen LogP contribution in [0.3, 0.4) is 0 Å². The Balaban J connectivity index is 1.48. The standard InChI is InChI=1S/C24H29ClN2O4/c1-24(2,22(28)29)31-21-13-9-17(10-14-21)5-4-6-20-16-27(23(30)26(20)3)15-18-7-11-19(25)12-8-18/h7-14,20H,4-6,15-16H2,1-3H3,(H,28,29). The molecule has 1 fully saturated rings. The lowest BCUT2D eigenvalue weighted by Crippen LogP contribution is -2.37. The van der Waals surface area contributed by atoms with E-state index in [-0.39, 0.29) is 12.1 Å². The van der Waals surface area contributed by atoms with Crippen LogP contribution >= 0.6 is 11.6 Å². The number of hydrogen-bond acceptors (Lipinski definition) is 3. The summed E-state index contributed by atoms with van der Waals surface area (Å²) in [7, 11) is 1.87. The molecular formula is C24H29ClN2O4. The highest BCUT2D eigenvalue weighted by molar-refractivity contribution is 6.30. The van der Waals surface area contributed by atoms with Gasteiger partial charge in [-0.2, -0.15) is 0 Å². The second kappa shape index (κ2) is 9.60. The monoisotopic (exact) mass is 444 g/mol. The summed E-state index contributed by atoms with van der Waals surface area (Å²) < 4.78 is 5.54. The first kappa shape index (κ1) is 22.9. The Morgan fingerprint density at radius 2 is 1.74 bits per heavy atom. The molecule has 0 radical (unpaired) electrons. The van der Waals surface area contributed by atoms with Gasteiger partial charge in [-0.05, 0) is 68.5 Å². The molecule has 3 rings (SSSR count). The maximum absolute atomic E-state index is 12.6. The van der Waals surface area contributed by atoms with Crippen LogP contribution in [-0.2, 0) is 17.8 Å². The van der Waals surface area contributed by atoms with Gasteiger partial charge in [0.25, 0.3) is 0 Å². The summed E-state index contributed by atoms with van der Waals surface area (Å²) in [5.74, 6) is -0.466. The summed E-state index contributed by atoms with van der Waals surface area (Å²) in [6, 6.07) is 15.4. The van der Waals surface area contributed by atoms with Crippen molar-refractivity contribution in [3.63, 3.8) is 0 Å². The molecule has 2 aromatic carbocycles. The zero-order chi connectivity index (χ0) is 22.6. The van der Waals surface area contributed by atoms with Gasteiger partial charge in [0, 0.05) is 25.2 Å². The number of hydrogen-bond donors (Lipinski definition) is 1. The number of carboxylic acid groups (broad SMARTS) is 1. The van der Waals surface area contributed by atoms with E-state index in [9.17, 15) is 9.59 Å². The lowest BCUT2D eigenvalue weighted by atomic mass is 10.0. The Bertz CT molecular complexity index is 912. The number of halogens is 1. The number of urea groups is 1. The second-order valence-corrected chi connectivity index (χ2v) is 8.94. The van der Waals surface area contributed by atoms with Gasteiger partial charge in [-0.1, -0.05) is 35.9 Å². The number of carbonyl (C=O) groups is 2. The highest BCUT2D eigenvalue weighted by Crippen LogP contribution is 2.23. The second-order valence-electron chi connectivity index (χ2n) is 8.51. The molecule has 1 unspecified atom stereocenters. The van der Waals surface area contributed by atoms with Crippen molar-refractivity contribution in [1.29, 1.82) is 0 Å². The number of aryl methyl sites for hydroxylation is 1. The molecule has 1 atom stereocenters. The summed E-state index contributed by atoms with van der Waals surface area (Å²) in [5.41, 5.74) is 0.963. The van der Waals surface area contributed by atoms with Gasteiger partial charge in [0.1, 0.15) is 5.75 Å². The number of aliphatic carboxylic acids is 1. The fourth-order valence-corrected chi connectivity index (χ4v) is 3.79. The Morgan fingerprint density at radius 1 is 1.13 bits per heavy atom. The Morgan fingerprint density at radius 3 is 2.35 bits per heavy atom. The van der Waals surface area contributed by atoms with E-state index < -0.39 is 11.6 Å². The summed E-state index contributed by atoms with van der Waals surface area (Å²) in [6.45, 7) is 4.36. The summed E-state index contributed by atoms with van der Waals surface area (Å²) in [5, 5.41) is 9.86. The number of carbonyl (C=O) groups excluding carboxylic acids is 1. The molecule has 0 aliphatic carbocycles. The first-order valence-electron chi connectivity index (χ1n) is 10.4. The number of benzene rings is 2. The van der Waals surface area contributed by atoms with Crippen molar-refractivity contribution in [2.75, 3.05) is 13.6 Å². The molecule has 1 aliphatic heterocycles. The summed E-state index contributed by atoms with van der Waals surface area (Å²) >= 11 is 5.94. The van der Waals surface area contributed by atoms with Gasteiger partial charge in [-0.3, -0.25) is 0 Å². The zero-order valence-corrected chi connectivity index (χ0v) is 18.9. The van der Waals surface area contributed by atoms with Crippen LogP contribution in [0.5, 0.6) is 5.75 Å². The predicted octanol–water partition coefficient (Wildman–Crippen LogP) is 4.84. The van der Waals surface area contributed by atoms with Gasteiger partial charge in [0.2, 0.25) is 0 Å². The summed E-state index contributed by atoms with van der Waals surface area (Å²) in [4.78, 5) is 27.5. The Hall–Kier alpha value is -2.73. The lowest BCUT2D eigenvalue weighted by molar-refractivity contribution is -0.152. The van der Waals surface area contributed by atoms with Crippen molar-refractivity contribution in [2.45, 2.75) is 51.3 Å². The molecule has 1 aliphatic rings. The largest absolute Gasteiger partial charge is 0.478 e. The number of rotatable bonds is 9. The molecule has 7 heteroatoms. The zero-order valence-electron chi connectivity index (χ0n) is 18.2. The van der Waals surface area contributed by atoms with E-state index in [4.69, 9.17) is 21.4 Å². The SMILES string of the molecule is CN1C(=O)N(Cc2ccc(Cl)cc2)CC1CCCc1ccc(OC(C)(C)C(=O)O)cc1. The van der Waals surface area contributed by atoms with Gasteiger partial charge in [0.05, 0.1) is 6.04 Å².